The Bertz CT molecular complexity index is 1230. The molecule has 174 valence electrons. The van der Waals surface area contributed by atoms with Crippen molar-refractivity contribution in [3.63, 3.8) is 0 Å². The third-order valence-corrected chi connectivity index (χ3v) is 7.14. The smallest absolute Gasteiger partial charge is 0.309 e. The molecule has 1 aliphatic rings. The highest BCUT2D eigenvalue weighted by molar-refractivity contribution is 7.13. The summed E-state index contributed by atoms with van der Waals surface area (Å²) in [6, 6.07) is 2.89. The van der Waals surface area contributed by atoms with Crippen molar-refractivity contribution in [3.8, 4) is 0 Å². The van der Waals surface area contributed by atoms with Crippen LogP contribution in [0, 0.1) is 11.7 Å². The molecule has 3 aromatic rings. The van der Waals surface area contributed by atoms with Gasteiger partial charge < -0.3 is 15.0 Å². The number of carbonyl (C=O) groups is 3. The van der Waals surface area contributed by atoms with Crippen molar-refractivity contribution < 1.29 is 23.9 Å². The molecule has 0 aliphatic heterocycles. The number of amides is 1. The Hall–Kier alpha value is -3.07. The summed E-state index contributed by atoms with van der Waals surface area (Å²) in [5.74, 6) is -2.30. The quantitative estimate of drug-likeness (QED) is 0.455. The second-order valence-corrected chi connectivity index (χ2v) is 9.60. The summed E-state index contributed by atoms with van der Waals surface area (Å²) in [5.41, 5.74) is 1.83. The molecule has 4 rings (SSSR count). The minimum absolute atomic E-state index is 0.0285. The van der Waals surface area contributed by atoms with Crippen LogP contribution in [0.15, 0.2) is 23.7 Å². The van der Waals surface area contributed by atoms with Crippen LogP contribution < -0.4 is 5.32 Å². The number of halogens is 1. The number of carboxylic acids is 1. The minimum atomic E-state index is -0.986. The van der Waals surface area contributed by atoms with E-state index in [0.717, 1.165) is 25.7 Å². The van der Waals surface area contributed by atoms with Crippen LogP contribution in [0.25, 0.3) is 10.9 Å². The summed E-state index contributed by atoms with van der Waals surface area (Å²) in [7, 11) is 1.82. The number of nitrogens with one attached hydrogen (secondary N) is 1. The van der Waals surface area contributed by atoms with E-state index in [4.69, 9.17) is 5.11 Å². The fourth-order valence-corrected chi connectivity index (χ4v) is 5.44. The molecule has 33 heavy (non-hydrogen) atoms. The van der Waals surface area contributed by atoms with E-state index in [1.807, 2.05) is 17.8 Å². The highest BCUT2D eigenvalue weighted by Gasteiger charge is 2.30. The average Bonchev–Trinajstić information content (AvgIpc) is 3.47. The lowest BCUT2D eigenvalue weighted by Crippen LogP contribution is -2.23. The number of fused-ring (bicyclic) bond motifs is 1. The van der Waals surface area contributed by atoms with E-state index in [1.54, 1.807) is 11.4 Å². The molecule has 0 spiro atoms. The number of rotatable bonds is 8. The van der Waals surface area contributed by atoms with Crippen LogP contribution in [0.2, 0.25) is 0 Å². The summed E-state index contributed by atoms with van der Waals surface area (Å²) in [6.45, 7) is 1.33. The Labute approximate surface area is 194 Å². The molecule has 9 heteroatoms. The molecule has 7 nitrogen and oxygen atoms in total. The van der Waals surface area contributed by atoms with E-state index in [2.05, 4.69) is 10.3 Å². The molecule has 2 heterocycles. The number of aryl methyl sites for hydroxylation is 1. The predicted octanol–water partition coefficient (Wildman–Crippen LogP) is 4.91. The highest BCUT2D eigenvalue weighted by atomic mass is 32.1. The van der Waals surface area contributed by atoms with Crippen molar-refractivity contribution in [2.24, 2.45) is 13.0 Å². The van der Waals surface area contributed by atoms with Gasteiger partial charge in [-0.2, -0.15) is 0 Å². The van der Waals surface area contributed by atoms with E-state index in [-0.39, 0.29) is 23.7 Å². The van der Waals surface area contributed by atoms with Gasteiger partial charge in [-0.05, 0) is 37.0 Å². The van der Waals surface area contributed by atoms with Crippen molar-refractivity contribution >= 4 is 45.0 Å². The van der Waals surface area contributed by atoms with Gasteiger partial charge in [0.05, 0.1) is 23.6 Å². The summed E-state index contributed by atoms with van der Waals surface area (Å²) in [6.07, 6.45) is 6.64. The van der Waals surface area contributed by atoms with Crippen LogP contribution in [0.4, 0.5) is 9.52 Å². The second kappa shape index (κ2) is 9.43. The normalized spacial score (nSPS) is 15.1. The average molecular weight is 472 g/mol. The number of aliphatic carboxylic acids is 1. The predicted molar refractivity (Wildman–Crippen MR) is 124 cm³/mol. The number of hydrogen-bond donors (Lipinski definition) is 2. The first-order valence-electron chi connectivity index (χ1n) is 11.0. The van der Waals surface area contributed by atoms with E-state index in [0.29, 0.717) is 39.6 Å². The number of nitrogens with zero attached hydrogens (tertiary/aromatic N) is 2. The van der Waals surface area contributed by atoms with Crippen molar-refractivity contribution in [1.82, 2.24) is 9.55 Å². The van der Waals surface area contributed by atoms with E-state index in [9.17, 15) is 18.8 Å². The van der Waals surface area contributed by atoms with Gasteiger partial charge in [0.25, 0.3) is 0 Å². The first-order valence-corrected chi connectivity index (χ1v) is 11.9. The third kappa shape index (κ3) is 4.98. The monoisotopic (exact) mass is 471 g/mol. The van der Waals surface area contributed by atoms with Gasteiger partial charge in [0.15, 0.2) is 10.9 Å². The van der Waals surface area contributed by atoms with Gasteiger partial charge in [-0.1, -0.05) is 25.7 Å². The number of aromatic nitrogens is 2. The Kier molecular flexibility index (Phi) is 6.60. The third-order valence-electron chi connectivity index (χ3n) is 6.34. The van der Waals surface area contributed by atoms with Crippen LogP contribution in [0.3, 0.4) is 0 Å². The van der Waals surface area contributed by atoms with E-state index < -0.39 is 17.7 Å². The molecule has 0 radical (unpaired) electrons. The lowest BCUT2D eigenvalue weighted by molar-refractivity contribution is -0.136. The zero-order valence-corrected chi connectivity index (χ0v) is 19.4. The first-order chi connectivity index (χ1) is 15.7. The van der Waals surface area contributed by atoms with Gasteiger partial charge in [-0.3, -0.25) is 14.4 Å². The summed E-state index contributed by atoms with van der Waals surface area (Å²) in [4.78, 5) is 40.4. The molecule has 1 amide bonds. The number of ketones is 1. The fraction of sp³-hybridized carbons (Fsp3) is 0.417. The van der Waals surface area contributed by atoms with Gasteiger partial charge in [-0.15, -0.1) is 11.3 Å². The fourth-order valence-electron chi connectivity index (χ4n) is 4.73. The van der Waals surface area contributed by atoms with Crippen LogP contribution >= 0.6 is 11.3 Å². The summed E-state index contributed by atoms with van der Waals surface area (Å²) < 4.78 is 16.5. The molecule has 0 bridgehead atoms. The Morgan fingerprint density at radius 3 is 2.70 bits per heavy atom. The summed E-state index contributed by atoms with van der Waals surface area (Å²) >= 11 is 1.18. The van der Waals surface area contributed by atoms with Gasteiger partial charge in [0.2, 0.25) is 5.91 Å². The molecule has 0 saturated heterocycles. The summed E-state index contributed by atoms with van der Waals surface area (Å²) in [5, 5.41) is 14.4. The molecular weight excluding hydrogens is 445 g/mol. The van der Waals surface area contributed by atoms with Crippen LogP contribution in [-0.4, -0.2) is 32.3 Å². The molecule has 1 aromatic carbocycles. The number of benzene rings is 1. The zero-order chi connectivity index (χ0) is 23.7. The van der Waals surface area contributed by atoms with Gasteiger partial charge in [0, 0.05) is 29.5 Å². The first kappa shape index (κ1) is 23.1. The van der Waals surface area contributed by atoms with Gasteiger partial charge >= 0.3 is 5.97 Å². The number of Topliss-reactive ketones (excluding diaryl/α,β-unsaturated/α-hetero) is 1. The molecule has 2 aromatic heterocycles. The van der Waals surface area contributed by atoms with Crippen LogP contribution in [0.1, 0.15) is 66.6 Å². The topological polar surface area (TPSA) is 101 Å². The lowest BCUT2D eigenvalue weighted by atomic mass is 9.87. The Morgan fingerprint density at radius 2 is 2.03 bits per heavy atom. The van der Waals surface area contributed by atoms with Crippen molar-refractivity contribution in [2.75, 3.05) is 5.32 Å². The van der Waals surface area contributed by atoms with Crippen molar-refractivity contribution in [2.45, 2.75) is 51.4 Å². The molecule has 1 unspecified atom stereocenters. The molecular formula is C24H26FN3O4S. The van der Waals surface area contributed by atoms with E-state index in [1.165, 1.54) is 24.3 Å². The minimum Gasteiger partial charge on any atom is -0.481 e. The van der Waals surface area contributed by atoms with Gasteiger partial charge in [-0.25, -0.2) is 9.37 Å². The maximum absolute atomic E-state index is 14.7. The standard InChI is InChI=1S/C24H26FN3O4S/c1-13(29)16-10-21-17(9-20(16)25)19(11-28(21)2)18(7-14-5-3-4-6-14)23(32)27-24-26-15(12-33-24)8-22(30)31/h9-12,14,18H,3-8H2,1-2H3,(H,30,31)(H,26,27,32). The highest BCUT2D eigenvalue weighted by Crippen LogP contribution is 2.38. The maximum Gasteiger partial charge on any atom is 0.309 e. The molecule has 1 aliphatic carbocycles. The Morgan fingerprint density at radius 1 is 1.30 bits per heavy atom. The lowest BCUT2D eigenvalue weighted by Gasteiger charge is -2.19. The number of hydrogen-bond acceptors (Lipinski definition) is 5. The number of carboxylic acid groups (broad SMARTS) is 1. The number of anilines is 1. The zero-order valence-electron chi connectivity index (χ0n) is 18.6. The van der Waals surface area contributed by atoms with Crippen molar-refractivity contribution in [3.05, 3.63) is 46.3 Å². The Balaban J connectivity index is 1.69. The SMILES string of the molecule is CC(=O)c1cc2c(cc1F)c(C(CC1CCCC1)C(=O)Nc1nc(CC(=O)O)cs1)cn2C. The molecule has 1 saturated carbocycles. The second-order valence-electron chi connectivity index (χ2n) is 8.74. The van der Waals surface area contributed by atoms with Gasteiger partial charge in [0.1, 0.15) is 5.82 Å². The molecule has 1 atom stereocenters. The molecule has 2 N–H and O–H groups in total. The number of carbonyl (C=O) groups excluding carboxylic acids is 2. The largest absolute Gasteiger partial charge is 0.481 e. The van der Waals surface area contributed by atoms with Crippen molar-refractivity contribution in [1.29, 1.82) is 0 Å². The maximum atomic E-state index is 14.7. The van der Waals surface area contributed by atoms with Crippen LogP contribution in [-0.2, 0) is 23.1 Å². The van der Waals surface area contributed by atoms with Crippen LogP contribution in [0.5, 0.6) is 0 Å². The molecule has 1 fully saturated rings. The van der Waals surface area contributed by atoms with E-state index >= 15 is 0 Å². The number of thiazole rings is 1.